The first-order valence-corrected chi connectivity index (χ1v) is 6.93. The van der Waals surface area contributed by atoms with Crippen LogP contribution in [0.15, 0.2) is 24.3 Å². The van der Waals surface area contributed by atoms with Crippen molar-refractivity contribution in [2.24, 2.45) is 5.92 Å². The van der Waals surface area contributed by atoms with Gasteiger partial charge in [0.05, 0.1) is 0 Å². The Morgan fingerprint density at radius 3 is 2.74 bits per heavy atom. The number of alkyl halides is 2. The molecule has 0 radical (unpaired) electrons. The lowest BCUT2D eigenvalue weighted by Gasteiger charge is -2.18. The Labute approximate surface area is 113 Å². The first-order valence-electron chi connectivity index (χ1n) is 6.93. The summed E-state index contributed by atoms with van der Waals surface area (Å²) in [5, 5.41) is 3.48. The van der Waals surface area contributed by atoms with Crippen molar-refractivity contribution in [2.45, 2.75) is 45.3 Å². The summed E-state index contributed by atoms with van der Waals surface area (Å²) >= 11 is 0. The van der Waals surface area contributed by atoms with Gasteiger partial charge in [-0.1, -0.05) is 25.0 Å². The summed E-state index contributed by atoms with van der Waals surface area (Å²) < 4.78 is 28.8. The van der Waals surface area contributed by atoms with E-state index >= 15 is 0 Å². The van der Waals surface area contributed by atoms with Crippen LogP contribution in [0.25, 0.3) is 0 Å². The molecule has 1 fully saturated rings. The monoisotopic (exact) mass is 269 g/mol. The second-order valence-corrected chi connectivity index (χ2v) is 5.23. The van der Waals surface area contributed by atoms with E-state index in [0.717, 1.165) is 18.0 Å². The molecule has 0 heterocycles. The Kier molecular flexibility index (Phi) is 5.14. The van der Waals surface area contributed by atoms with Crippen molar-refractivity contribution in [1.29, 1.82) is 0 Å². The van der Waals surface area contributed by atoms with Crippen molar-refractivity contribution in [1.82, 2.24) is 5.32 Å². The maximum atomic E-state index is 12.2. The van der Waals surface area contributed by atoms with E-state index in [4.69, 9.17) is 0 Å². The topological polar surface area (TPSA) is 21.3 Å². The molecule has 1 unspecified atom stereocenters. The molecule has 1 aliphatic carbocycles. The molecule has 4 heteroatoms. The fourth-order valence-corrected chi connectivity index (χ4v) is 2.64. The Hall–Kier alpha value is -1.16. The molecule has 19 heavy (non-hydrogen) atoms. The van der Waals surface area contributed by atoms with Crippen LogP contribution in [0.4, 0.5) is 8.78 Å². The van der Waals surface area contributed by atoms with Crippen LogP contribution in [-0.2, 0) is 0 Å². The third-order valence-corrected chi connectivity index (χ3v) is 3.77. The fourth-order valence-electron chi connectivity index (χ4n) is 2.64. The third kappa shape index (κ3) is 4.46. The smallest absolute Gasteiger partial charge is 0.387 e. The highest BCUT2D eigenvalue weighted by atomic mass is 19.3. The first kappa shape index (κ1) is 14.3. The van der Waals surface area contributed by atoms with Crippen LogP contribution in [0.1, 0.15) is 44.2 Å². The Morgan fingerprint density at radius 1 is 1.32 bits per heavy atom. The largest absolute Gasteiger partial charge is 0.435 e. The van der Waals surface area contributed by atoms with Crippen LogP contribution in [0, 0.1) is 5.92 Å². The Balaban J connectivity index is 1.88. The minimum atomic E-state index is -2.77. The van der Waals surface area contributed by atoms with E-state index in [1.54, 1.807) is 18.2 Å². The normalized spacial score (nSPS) is 17.9. The molecule has 0 aliphatic heterocycles. The quantitative estimate of drug-likeness (QED) is 0.838. The number of benzene rings is 1. The lowest BCUT2D eigenvalue weighted by Crippen LogP contribution is -2.24. The summed E-state index contributed by atoms with van der Waals surface area (Å²) in [5.41, 5.74) is 0.983. The molecule has 1 aromatic carbocycles. The summed E-state index contributed by atoms with van der Waals surface area (Å²) in [6.07, 6.45) is 5.26. The minimum absolute atomic E-state index is 0.154. The van der Waals surface area contributed by atoms with Gasteiger partial charge in [0.1, 0.15) is 5.75 Å². The van der Waals surface area contributed by atoms with Gasteiger partial charge in [0, 0.05) is 6.04 Å². The molecule has 1 N–H and O–H groups in total. The van der Waals surface area contributed by atoms with E-state index in [0.29, 0.717) is 0 Å². The molecular formula is C15H21F2NO. The van der Waals surface area contributed by atoms with Gasteiger partial charge in [-0.25, -0.2) is 0 Å². The van der Waals surface area contributed by atoms with E-state index in [9.17, 15) is 8.78 Å². The molecule has 0 spiro atoms. The number of hydrogen-bond acceptors (Lipinski definition) is 2. The van der Waals surface area contributed by atoms with Crippen LogP contribution < -0.4 is 10.1 Å². The number of ether oxygens (including phenoxy) is 1. The molecule has 1 saturated carbocycles. The van der Waals surface area contributed by atoms with Crippen molar-refractivity contribution in [3.05, 3.63) is 29.8 Å². The molecule has 0 saturated heterocycles. The zero-order valence-electron chi connectivity index (χ0n) is 11.2. The van der Waals surface area contributed by atoms with E-state index in [1.807, 2.05) is 6.07 Å². The standard InChI is InChI=1S/C15H21F2NO/c1-11(18-10-12-5-2-3-6-12)13-7-4-8-14(9-13)19-15(16)17/h4,7-9,11-12,15,18H,2-3,5-6,10H2,1H3. The minimum Gasteiger partial charge on any atom is -0.435 e. The third-order valence-electron chi connectivity index (χ3n) is 3.77. The number of nitrogens with one attached hydrogen (secondary N) is 1. The zero-order valence-corrected chi connectivity index (χ0v) is 11.2. The SMILES string of the molecule is CC(NCC1CCCC1)c1cccc(OC(F)F)c1. The van der Waals surface area contributed by atoms with E-state index < -0.39 is 6.61 Å². The predicted octanol–water partition coefficient (Wildman–Crippen LogP) is 4.13. The van der Waals surface area contributed by atoms with Crippen LogP contribution >= 0.6 is 0 Å². The summed E-state index contributed by atoms with van der Waals surface area (Å²) in [5.74, 6) is 0.991. The van der Waals surface area contributed by atoms with Crippen molar-refractivity contribution in [2.75, 3.05) is 6.54 Å². The molecule has 2 nitrogen and oxygen atoms in total. The van der Waals surface area contributed by atoms with E-state index in [1.165, 1.54) is 25.7 Å². The lowest BCUT2D eigenvalue weighted by atomic mass is 10.1. The molecule has 1 atom stereocenters. The van der Waals surface area contributed by atoms with Crippen LogP contribution in [0.3, 0.4) is 0 Å². The van der Waals surface area contributed by atoms with Gasteiger partial charge in [-0.3, -0.25) is 0 Å². The average molecular weight is 269 g/mol. The van der Waals surface area contributed by atoms with Crippen molar-refractivity contribution >= 4 is 0 Å². The summed E-state index contributed by atoms with van der Waals surface area (Å²) in [6.45, 7) is 0.286. The van der Waals surface area contributed by atoms with Crippen LogP contribution in [0.2, 0.25) is 0 Å². The van der Waals surface area contributed by atoms with Gasteiger partial charge in [0.15, 0.2) is 0 Å². The fraction of sp³-hybridized carbons (Fsp3) is 0.600. The molecular weight excluding hydrogens is 248 g/mol. The maximum absolute atomic E-state index is 12.2. The summed E-state index contributed by atoms with van der Waals surface area (Å²) in [4.78, 5) is 0. The zero-order chi connectivity index (χ0) is 13.7. The average Bonchev–Trinajstić information content (AvgIpc) is 2.88. The maximum Gasteiger partial charge on any atom is 0.387 e. The molecule has 2 rings (SSSR count). The van der Waals surface area contributed by atoms with Gasteiger partial charge in [-0.2, -0.15) is 8.78 Å². The highest BCUT2D eigenvalue weighted by Crippen LogP contribution is 2.25. The highest BCUT2D eigenvalue weighted by Gasteiger charge is 2.16. The van der Waals surface area contributed by atoms with Crippen LogP contribution in [-0.4, -0.2) is 13.2 Å². The van der Waals surface area contributed by atoms with Gasteiger partial charge < -0.3 is 10.1 Å². The first-order chi connectivity index (χ1) is 9.15. The van der Waals surface area contributed by atoms with E-state index in [2.05, 4.69) is 17.0 Å². The molecule has 106 valence electrons. The van der Waals surface area contributed by atoms with Gasteiger partial charge >= 0.3 is 6.61 Å². The summed E-state index contributed by atoms with van der Waals surface area (Å²) in [6, 6.07) is 7.07. The number of hydrogen-bond donors (Lipinski definition) is 1. The molecule has 1 aromatic rings. The Bertz CT molecular complexity index is 391. The molecule has 0 amide bonds. The number of halogens is 2. The molecule has 0 aromatic heterocycles. The molecule has 0 bridgehead atoms. The van der Waals surface area contributed by atoms with Gasteiger partial charge in [-0.15, -0.1) is 0 Å². The van der Waals surface area contributed by atoms with Crippen molar-refractivity contribution in [3.8, 4) is 5.75 Å². The van der Waals surface area contributed by atoms with Crippen molar-refractivity contribution < 1.29 is 13.5 Å². The van der Waals surface area contributed by atoms with Crippen LogP contribution in [0.5, 0.6) is 5.75 Å². The number of rotatable bonds is 6. The molecule has 1 aliphatic rings. The van der Waals surface area contributed by atoms with Gasteiger partial charge in [-0.05, 0) is 49.9 Å². The second-order valence-electron chi connectivity index (χ2n) is 5.23. The van der Waals surface area contributed by atoms with Gasteiger partial charge in [0.2, 0.25) is 0 Å². The van der Waals surface area contributed by atoms with Crippen molar-refractivity contribution in [3.63, 3.8) is 0 Å². The second kappa shape index (κ2) is 6.85. The summed E-state index contributed by atoms with van der Waals surface area (Å²) in [7, 11) is 0. The Morgan fingerprint density at radius 2 is 2.05 bits per heavy atom. The highest BCUT2D eigenvalue weighted by molar-refractivity contribution is 5.30. The predicted molar refractivity (Wildman–Crippen MR) is 71.4 cm³/mol. The van der Waals surface area contributed by atoms with Gasteiger partial charge in [0.25, 0.3) is 0 Å². The lowest BCUT2D eigenvalue weighted by molar-refractivity contribution is -0.0499. The van der Waals surface area contributed by atoms with E-state index in [-0.39, 0.29) is 11.8 Å².